The van der Waals surface area contributed by atoms with E-state index in [2.05, 4.69) is 15.3 Å². The second-order valence-electron chi connectivity index (χ2n) is 4.96. The molecule has 0 aliphatic heterocycles. The van der Waals surface area contributed by atoms with E-state index in [-0.39, 0.29) is 23.2 Å². The first-order valence-electron chi connectivity index (χ1n) is 6.63. The number of nitrogens with one attached hydrogen (secondary N) is 1. The Morgan fingerprint density at radius 1 is 1.38 bits per heavy atom. The molecule has 1 amide bonds. The summed E-state index contributed by atoms with van der Waals surface area (Å²) in [6.45, 7) is 4.23. The van der Waals surface area contributed by atoms with Crippen LogP contribution in [0.5, 0.6) is 0 Å². The third-order valence-electron chi connectivity index (χ3n) is 2.96. The molecule has 6 heteroatoms. The predicted molar refractivity (Wildman–Crippen MR) is 83.2 cm³/mol. The molecule has 1 aromatic heterocycles. The molecule has 2 aromatic rings. The van der Waals surface area contributed by atoms with Crippen LogP contribution in [0.4, 0.5) is 5.69 Å². The van der Waals surface area contributed by atoms with Crippen LogP contribution in [0.2, 0.25) is 5.02 Å². The quantitative estimate of drug-likeness (QED) is 0.910. The molecule has 0 spiro atoms. The molecule has 1 aromatic carbocycles. The van der Waals surface area contributed by atoms with Crippen LogP contribution in [0.15, 0.2) is 30.5 Å². The number of carbonyl (C=O) groups is 1. The number of nitrogens with two attached hydrogens (primary N) is 1. The maximum atomic E-state index is 12.2. The number of nitrogen functional groups attached to an aromatic ring is 1. The summed E-state index contributed by atoms with van der Waals surface area (Å²) in [6.07, 6.45) is 1.47. The Morgan fingerprint density at radius 3 is 2.76 bits per heavy atom. The molecule has 0 saturated carbocycles. The maximum Gasteiger partial charge on any atom is 0.272 e. The number of hydrogen-bond donors (Lipinski definition) is 2. The number of hydrogen-bond acceptors (Lipinski definition) is 4. The summed E-state index contributed by atoms with van der Waals surface area (Å²) in [5.74, 6) is 0.379. The fourth-order valence-electron chi connectivity index (χ4n) is 1.77. The number of amides is 1. The number of aromatic nitrogens is 2. The Hall–Kier alpha value is -2.14. The van der Waals surface area contributed by atoms with E-state index < -0.39 is 0 Å². The van der Waals surface area contributed by atoms with Gasteiger partial charge in [-0.05, 0) is 11.6 Å². The van der Waals surface area contributed by atoms with Crippen LogP contribution in [-0.2, 0) is 6.54 Å². The molecule has 0 atom stereocenters. The lowest BCUT2D eigenvalue weighted by atomic mass is 10.2. The van der Waals surface area contributed by atoms with Gasteiger partial charge in [-0.1, -0.05) is 43.6 Å². The van der Waals surface area contributed by atoms with Gasteiger partial charge in [0.05, 0.1) is 11.9 Å². The van der Waals surface area contributed by atoms with Gasteiger partial charge in [0.15, 0.2) is 5.69 Å². The van der Waals surface area contributed by atoms with Gasteiger partial charge >= 0.3 is 0 Å². The van der Waals surface area contributed by atoms with Crippen molar-refractivity contribution in [2.24, 2.45) is 0 Å². The Morgan fingerprint density at radius 2 is 2.10 bits per heavy atom. The fraction of sp³-hybridized carbons (Fsp3) is 0.267. The second-order valence-corrected chi connectivity index (χ2v) is 5.37. The summed E-state index contributed by atoms with van der Waals surface area (Å²) >= 11 is 6.05. The Labute approximate surface area is 128 Å². The molecule has 0 unspecified atom stereocenters. The minimum absolute atomic E-state index is 0.126. The van der Waals surface area contributed by atoms with E-state index in [0.717, 1.165) is 5.56 Å². The molecular formula is C15H17ClN4O. The largest absolute Gasteiger partial charge is 0.396 e. The number of rotatable bonds is 4. The zero-order valence-corrected chi connectivity index (χ0v) is 12.7. The molecule has 21 heavy (non-hydrogen) atoms. The zero-order valence-electron chi connectivity index (χ0n) is 11.9. The molecule has 0 fully saturated rings. The third-order valence-corrected chi connectivity index (χ3v) is 3.33. The van der Waals surface area contributed by atoms with E-state index in [9.17, 15) is 4.79 Å². The Balaban J connectivity index is 2.14. The molecule has 0 radical (unpaired) electrons. The summed E-state index contributed by atoms with van der Waals surface area (Å²) in [7, 11) is 0. The van der Waals surface area contributed by atoms with Crippen molar-refractivity contribution in [3.05, 3.63) is 52.6 Å². The summed E-state index contributed by atoms with van der Waals surface area (Å²) in [5, 5.41) is 3.38. The molecule has 3 N–H and O–H groups in total. The van der Waals surface area contributed by atoms with E-state index in [1.807, 2.05) is 32.0 Å². The van der Waals surface area contributed by atoms with E-state index >= 15 is 0 Å². The minimum atomic E-state index is -0.336. The number of carbonyl (C=O) groups excluding carboxylic acids is 1. The number of nitrogens with zero attached hydrogens (tertiary/aromatic N) is 2. The van der Waals surface area contributed by atoms with Gasteiger partial charge in [0.25, 0.3) is 5.91 Å². The van der Waals surface area contributed by atoms with Crippen molar-refractivity contribution in [1.82, 2.24) is 15.3 Å². The summed E-state index contributed by atoms with van der Waals surface area (Å²) in [6, 6.07) is 7.33. The predicted octanol–water partition coefficient (Wildman–Crippen LogP) is 2.77. The number of benzene rings is 1. The van der Waals surface area contributed by atoms with Gasteiger partial charge in [0, 0.05) is 17.5 Å². The van der Waals surface area contributed by atoms with E-state index in [4.69, 9.17) is 17.3 Å². The number of anilines is 1. The highest BCUT2D eigenvalue weighted by molar-refractivity contribution is 6.31. The van der Waals surface area contributed by atoms with Crippen molar-refractivity contribution in [3.63, 3.8) is 0 Å². The highest BCUT2D eigenvalue weighted by Crippen LogP contribution is 2.16. The molecule has 2 rings (SSSR count). The van der Waals surface area contributed by atoms with Gasteiger partial charge in [-0.25, -0.2) is 9.97 Å². The Kier molecular flexibility index (Phi) is 4.75. The maximum absolute atomic E-state index is 12.2. The van der Waals surface area contributed by atoms with Crippen LogP contribution in [-0.4, -0.2) is 15.9 Å². The molecule has 110 valence electrons. The van der Waals surface area contributed by atoms with Gasteiger partial charge in [-0.15, -0.1) is 0 Å². The van der Waals surface area contributed by atoms with Gasteiger partial charge in [0.2, 0.25) is 0 Å². The SMILES string of the molecule is CC(C)c1ncc(N)c(C(=O)NCc2ccccc2Cl)n1. The van der Waals surface area contributed by atoms with Crippen molar-refractivity contribution in [1.29, 1.82) is 0 Å². The van der Waals surface area contributed by atoms with Crippen molar-refractivity contribution < 1.29 is 4.79 Å². The van der Waals surface area contributed by atoms with Gasteiger partial charge < -0.3 is 11.1 Å². The first-order chi connectivity index (χ1) is 9.99. The average molecular weight is 305 g/mol. The summed E-state index contributed by atoms with van der Waals surface area (Å²) in [5.41, 5.74) is 7.07. The lowest BCUT2D eigenvalue weighted by Crippen LogP contribution is -2.26. The summed E-state index contributed by atoms with van der Waals surface area (Å²) in [4.78, 5) is 20.5. The first-order valence-corrected chi connectivity index (χ1v) is 7.01. The van der Waals surface area contributed by atoms with E-state index in [0.29, 0.717) is 17.4 Å². The molecular weight excluding hydrogens is 288 g/mol. The molecule has 0 saturated heterocycles. The first kappa shape index (κ1) is 15.3. The molecule has 0 aliphatic rings. The van der Waals surface area contributed by atoms with E-state index in [1.165, 1.54) is 6.20 Å². The topological polar surface area (TPSA) is 80.9 Å². The van der Waals surface area contributed by atoms with Gasteiger partial charge in [0.1, 0.15) is 5.82 Å². The van der Waals surface area contributed by atoms with Crippen molar-refractivity contribution >= 4 is 23.2 Å². The lowest BCUT2D eigenvalue weighted by molar-refractivity contribution is 0.0946. The molecule has 1 heterocycles. The van der Waals surface area contributed by atoms with Crippen molar-refractivity contribution in [2.75, 3.05) is 5.73 Å². The van der Waals surface area contributed by atoms with Crippen LogP contribution < -0.4 is 11.1 Å². The monoisotopic (exact) mass is 304 g/mol. The zero-order chi connectivity index (χ0) is 15.4. The van der Waals surface area contributed by atoms with Gasteiger partial charge in [-0.2, -0.15) is 0 Å². The van der Waals surface area contributed by atoms with Crippen molar-refractivity contribution in [2.45, 2.75) is 26.3 Å². The third kappa shape index (κ3) is 3.70. The highest BCUT2D eigenvalue weighted by Gasteiger charge is 2.15. The molecule has 0 bridgehead atoms. The highest BCUT2D eigenvalue weighted by atomic mass is 35.5. The average Bonchev–Trinajstić information content (AvgIpc) is 2.46. The van der Waals surface area contributed by atoms with Crippen LogP contribution in [0, 0.1) is 0 Å². The minimum Gasteiger partial charge on any atom is -0.396 e. The molecule has 5 nitrogen and oxygen atoms in total. The van der Waals surface area contributed by atoms with Gasteiger partial charge in [-0.3, -0.25) is 4.79 Å². The normalized spacial score (nSPS) is 10.7. The van der Waals surface area contributed by atoms with Crippen molar-refractivity contribution in [3.8, 4) is 0 Å². The summed E-state index contributed by atoms with van der Waals surface area (Å²) < 4.78 is 0. The standard InChI is InChI=1S/C15H17ClN4O/c1-9(2)14-18-8-12(17)13(20-14)15(21)19-7-10-5-3-4-6-11(10)16/h3-6,8-9H,7,17H2,1-2H3,(H,19,21). The Bertz CT molecular complexity index is 658. The van der Waals surface area contributed by atoms with Crippen LogP contribution in [0.25, 0.3) is 0 Å². The fourth-order valence-corrected chi connectivity index (χ4v) is 1.97. The van der Waals surface area contributed by atoms with Crippen LogP contribution in [0.3, 0.4) is 0 Å². The molecule has 0 aliphatic carbocycles. The lowest BCUT2D eigenvalue weighted by Gasteiger charge is -2.10. The smallest absolute Gasteiger partial charge is 0.272 e. The van der Waals surface area contributed by atoms with Crippen LogP contribution in [0.1, 0.15) is 41.6 Å². The van der Waals surface area contributed by atoms with E-state index in [1.54, 1.807) is 6.07 Å². The number of halogens is 1. The second kappa shape index (κ2) is 6.54. The van der Waals surface area contributed by atoms with Crippen LogP contribution >= 0.6 is 11.6 Å².